The van der Waals surface area contributed by atoms with Crippen molar-refractivity contribution >= 4 is 15.7 Å². The molecule has 3 aromatic rings. The second-order valence-electron chi connectivity index (χ2n) is 8.44. The molecule has 0 radical (unpaired) electrons. The van der Waals surface area contributed by atoms with Gasteiger partial charge in [-0.05, 0) is 82.2 Å². The van der Waals surface area contributed by atoms with Gasteiger partial charge in [-0.3, -0.25) is 9.40 Å². The highest BCUT2D eigenvalue weighted by Gasteiger charge is 2.29. The van der Waals surface area contributed by atoms with Gasteiger partial charge in [0.05, 0.1) is 23.0 Å². The molecule has 1 saturated carbocycles. The molecule has 0 unspecified atom stereocenters. The number of hydrogen-bond donors (Lipinski definition) is 1. The van der Waals surface area contributed by atoms with Crippen LogP contribution >= 0.6 is 0 Å². The van der Waals surface area contributed by atoms with E-state index in [2.05, 4.69) is 25.3 Å². The zero-order valence-electron chi connectivity index (χ0n) is 17.2. The van der Waals surface area contributed by atoms with Crippen LogP contribution in [-0.2, 0) is 15.6 Å². The zero-order valence-corrected chi connectivity index (χ0v) is 18.0. The predicted molar refractivity (Wildman–Crippen MR) is 109 cm³/mol. The van der Waals surface area contributed by atoms with Crippen LogP contribution in [-0.4, -0.2) is 38.4 Å². The van der Waals surface area contributed by atoms with Crippen LogP contribution in [0.5, 0.6) is 0 Å². The van der Waals surface area contributed by atoms with Gasteiger partial charge in [0.25, 0.3) is 10.0 Å². The number of benzene rings is 1. The molecular formula is C19H25N7O2S. The first-order valence-corrected chi connectivity index (χ1v) is 11.0. The van der Waals surface area contributed by atoms with Crippen molar-refractivity contribution in [1.29, 1.82) is 0 Å². The maximum Gasteiger partial charge on any atom is 0.265 e. The summed E-state index contributed by atoms with van der Waals surface area (Å²) in [5.41, 5.74) is 2.10. The lowest BCUT2D eigenvalue weighted by atomic mass is 10.1. The van der Waals surface area contributed by atoms with E-state index in [4.69, 9.17) is 0 Å². The third-order valence-corrected chi connectivity index (χ3v) is 6.54. The summed E-state index contributed by atoms with van der Waals surface area (Å²) in [6, 6.07) is 7.44. The van der Waals surface area contributed by atoms with E-state index in [1.54, 1.807) is 30.7 Å². The summed E-state index contributed by atoms with van der Waals surface area (Å²) in [4.78, 5) is 0.217. The van der Waals surface area contributed by atoms with Gasteiger partial charge in [-0.25, -0.2) is 13.1 Å². The number of hydrogen-bond acceptors (Lipinski definition) is 6. The SMILES string of the molecule is Cc1nn(C(C)(C)C)c(C)c1S(=O)(=O)Nc1ccc(-c2nnnn2C2CC2)cc1. The number of anilines is 1. The van der Waals surface area contributed by atoms with Crippen LogP contribution in [0.4, 0.5) is 5.69 Å². The number of aromatic nitrogens is 6. The summed E-state index contributed by atoms with van der Waals surface area (Å²) in [7, 11) is -3.77. The molecule has 0 aliphatic heterocycles. The fourth-order valence-corrected chi connectivity index (χ4v) is 4.97. The van der Waals surface area contributed by atoms with Crippen molar-refractivity contribution in [3.05, 3.63) is 35.7 Å². The molecule has 1 N–H and O–H groups in total. The van der Waals surface area contributed by atoms with Crippen molar-refractivity contribution in [3.63, 3.8) is 0 Å². The number of tetrazole rings is 1. The van der Waals surface area contributed by atoms with E-state index < -0.39 is 10.0 Å². The van der Waals surface area contributed by atoms with Crippen molar-refractivity contribution in [3.8, 4) is 11.4 Å². The lowest BCUT2D eigenvalue weighted by molar-refractivity contribution is 0.345. The maximum absolute atomic E-state index is 13.0. The van der Waals surface area contributed by atoms with Crippen LogP contribution in [0.3, 0.4) is 0 Å². The number of rotatable bonds is 5. The average Bonchev–Trinajstić information content (AvgIpc) is 3.25. The second kappa shape index (κ2) is 6.65. The summed E-state index contributed by atoms with van der Waals surface area (Å²) in [5, 5.41) is 16.4. The largest absolute Gasteiger partial charge is 0.280 e. The Morgan fingerprint density at radius 1 is 1.10 bits per heavy atom. The van der Waals surface area contributed by atoms with Gasteiger partial charge < -0.3 is 0 Å². The predicted octanol–water partition coefficient (Wildman–Crippen LogP) is 3.04. The second-order valence-corrected chi connectivity index (χ2v) is 10.1. The Morgan fingerprint density at radius 2 is 1.76 bits per heavy atom. The summed E-state index contributed by atoms with van der Waals surface area (Å²) in [5.74, 6) is 0.694. The van der Waals surface area contributed by atoms with Crippen LogP contribution < -0.4 is 4.72 Å². The minimum Gasteiger partial charge on any atom is -0.280 e. The molecule has 10 heteroatoms. The first-order chi connectivity index (χ1) is 13.6. The molecule has 1 aliphatic rings. The van der Waals surface area contributed by atoms with Crippen LogP contribution in [0.15, 0.2) is 29.2 Å². The van der Waals surface area contributed by atoms with Gasteiger partial charge in [-0.1, -0.05) is 0 Å². The van der Waals surface area contributed by atoms with E-state index in [1.807, 2.05) is 37.6 Å². The molecular weight excluding hydrogens is 390 g/mol. The van der Waals surface area contributed by atoms with Crippen molar-refractivity contribution in [2.24, 2.45) is 0 Å². The quantitative estimate of drug-likeness (QED) is 0.686. The van der Waals surface area contributed by atoms with Gasteiger partial charge in [0, 0.05) is 11.3 Å². The monoisotopic (exact) mass is 415 g/mol. The number of nitrogens with zero attached hydrogens (tertiary/aromatic N) is 6. The topological polar surface area (TPSA) is 108 Å². The first-order valence-electron chi connectivity index (χ1n) is 9.56. The highest BCUT2D eigenvalue weighted by molar-refractivity contribution is 7.92. The van der Waals surface area contributed by atoms with Gasteiger partial charge in [-0.2, -0.15) is 5.10 Å². The van der Waals surface area contributed by atoms with Crippen LogP contribution in [0.1, 0.15) is 51.0 Å². The molecule has 0 atom stereocenters. The molecule has 0 spiro atoms. The lowest BCUT2D eigenvalue weighted by Crippen LogP contribution is -2.25. The highest BCUT2D eigenvalue weighted by atomic mass is 32.2. The van der Waals surface area contributed by atoms with Crippen molar-refractivity contribution in [2.45, 2.75) is 63.9 Å². The third kappa shape index (κ3) is 3.64. The van der Waals surface area contributed by atoms with Crippen molar-refractivity contribution in [1.82, 2.24) is 30.0 Å². The van der Waals surface area contributed by atoms with E-state index >= 15 is 0 Å². The smallest absolute Gasteiger partial charge is 0.265 e. The van der Waals surface area contributed by atoms with E-state index in [0.717, 1.165) is 18.4 Å². The standard InChI is InChI=1S/C19H25N7O2S/c1-12-17(13(2)26(21-12)19(3,4)5)29(27,28)22-15-8-6-14(7-9-15)18-20-23-24-25(18)16-10-11-16/h6-9,16,22H,10-11H2,1-5H3. The molecule has 1 aromatic carbocycles. The van der Waals surface area contributed by atoms with Gasteiger partial charge in [0.15, 0.2) is 5.82 Å². The molecule has 154 valence electrons. The molecule has 2 aromatic heterocycles. The van der Waals surface area contributed by atoms with Crippen LogP contribution in [0.25, 0.3) is 11.4 Å². The Balaban J connectivity index is 1.61. The summed E-state index contributed by atoms with van der Waals surface area (Å²) < 4.78 is 32.3. The Labute approximate surface area is 170 Å². The maximum atomic E-state index is 13.0. The van der Waals surface area contributed by atoms with E-state index in [-0.39, 0.29) is 10.4 Å². The molecule has 0 saturated heterocycles. The normalized spacial score (nSPS) is 14.9. The molecule has 0 bridgehead atoms. The van der Waals surface area contributed by atoms with E-state index in [0.29, 0.717) is 28.9 Å². The first kappa shape index (κ1) is 19.6. The molecule has 9 nitrogen and oxygen atoms in total. The molecule has 1 fully saturated rings. The molecule has 0 amide bonds. The zero-order chi connectivity index (χ0) is 21.0. The van der Waals surface area contributed by atoms with Crippen molar-refractivity contribution < 1.29 is 8.42 Å². The molecule has 1 aliphatic carbocycles. The van der Waals surface area contributed by atoms with E-state index in [1.165, 1.54) is 0 Å². The van der Waals surface area contributed by atoms with Crippen LogP contribution in [0.2, 0.25) is 0 Å². The Kier molecular flexibility index (Phi) is 4.49. The Bertz CT molecular complexity index is 1150. The number of nitrogens with one attached hydrogen (secondary N) is 1. The summed E-state index contributed by atoms with van der Waals surface area (Å²) in [6.45, 7) is 9.46. The fraction of sp³-hybridized carbons (Fsp3) is 0.474. The highest BCUT2D eigenvalue weighted by Crippen LogP contribution is 2.36. The van der Waals surface area contributed by atoms with Gasteiger partial charge in [0.1, 0.15) is 4.90 Å². The average molecular weight is 416 g/mol. The van der Waals surface area contributed by atoms with Crippen LogP contribution in [0, 0.1) is 13.8 Å². The van der Waals surface area contributed by atoms with Gasteiger partial charge in [0.2, 0.25) is 0 Å². The Hall–Kier alpha value is -2.75. The minimum absolute atomic E-state index is 0.217. The molecule has 2 heterocycles. The lowest BCUT2D eigenvalue weighted by Gasteiger charge is -2.21. The third-order valence-electron chi connectivity index (χ3n) is 4.91. The summed E-state index contributed by atoms with van der Waals surface area (Å²) in [6.07, 6.45) is 2.16. The van der Waals surface area contributed by atoms with Gasteiger partial charge in [-0.15, -0.1) is 5.10 Å². The minimum atomic E-state index is -3.77. The van der Waals surface area contributed by atoms with E-state index in [9.17, 15) is 8.42 Å². The Morgan fingerprint density at radius 3 is 2.31 bits per heavy atom. The number of sulfonamides is 1. The fourth-order valence-electron chi connectivity index (χ4n) is 3.51. The van der Waals surface area contributed by atoms with Crippen molar-refractivity contribution in [2.75, 3.05) is 4.72 Å². The molecule has 4 rings (SSSR count). The summed E-state index contributed by atoms with van der Waals surface area (Å²) >= 11 is 0. The number of aryl methyl sites for hydroxylation is 1. The van der Waals surface area contributed by atoms with Gasteiger partial charge >= 0.3 is 0 Å². The molecule has 29 heavy (non-hydrogen) atoms.